The zero-order valence-electron chi connectivity index (χ0n) is 15.3. The molecule has 0 aliphatic heterocycles. The molecule has 2 heterocycles. The molecule has 1 aromatic carbocycles. The van der Waals surface area contributed by atoms with E-state index in [2.05, 4.69) is 28.9 Å². The van der Waals surface area contributed by atoms with E-state index in [1.807, 2.05) is 42.4 Å². The van der Waals surface area contributed by atoms with Crippen LogP contribution in [0, 0.1) is 5.92 Å². The molecule has 26 heavy (non-hydrogen) atoms. The molecule has 0 fully saturated rings. The summed E-state index contributed by atoms with van der Waals surface area (Å²) in [5, 5.41) is 4.20. The number of carbonyl (C=O) groups is 1. The van der Waals surface area contributed by atoms with Gasteiger partial charge in [0, 0.05) is 55.4 Å². The van der Waals surface area contributed by atoms with E-state index in [0.29, 0.717) is 24.6 Å². The van der Waals surface area contributed by atoms with Crippen molar-refractivity contribution in [3.63, 3.8) is 0 Å². The summed E-state index contributed by atoms with van der Waals surface area (Å²) < 4.78 is 1.75. The monoisotopic (exact) mass is 349 g/mol. The van der Waals surface area contributed by atoms with E-state index in [4.69, 9.17) is 0 Å². The van der Waals surface area contributed by atoms with Gasteiger partial charge in [-0.05, 0) is 18.1 Å². The van der Waals surface area contributed by atoms with Crippen molar-refractivity contribution in [2.24, 2.45) is 13.0 Å². The van der Waals surface area contributed by atoms with Gasteiger partial charge in [-0.1, -0.05) is 26.0 Å². The fourth-order valence-electron chi connectivity index (χ4n) is 2.88. The number of hydrogen-bond acceptors (Lipinski definition) is 4. The van der Waals surface area contributed by atoms with Crippen LogP contribution in [0.1, 0.15) is 29.8 Å². The van der Waals surface area contributed by atoms with E-state index in [1.165, 1.54) is 0 Å². The zero-order valence-corrected chi connectivity index (χ0v) is 15.3. The van der Waals surface area contributed by atoms with Crippen LogP contribution in [0.3, 0.4) is 0 Å². The van der Waals surface area contributed by atoms with Crippen molar-refractivity contribution in [1.82, 2.24) is 24.6 Å². The predicted molar refractivity (Wildman–Crippen MR) is 100 cm³/mol. The zero-order chi connectivity index (χ0) is 18.5. The van der Waals surface area contributed by atoms with Crippen LogP contribution in [0.25, 0.3) is 11.3 Å². The maximum atomic E-state index is 13.1. The Morgan fingerprint density at radius 2 is 2.08 bits per heavy atom. The standard InChI is InChI=1S/C20H23N5O/c1-15(2)12-25(14-16-10-23-24(3)13-16)20(26)18-6-4-5-17(9-18)19-11-21-7-8-22-19/h4-11,13,15H,12,14H2,1-3H3. The van der Waals surface area contributed by atoms with Crippen molar-refractivity contribution >= 4 is 5.91 Å². The molecule has 0 bridgehead atoms. The Kier molecular flexibility index (Phi) is 5.41. The van der Waals surface area contributed by atoms with E-state index in [9.17, 15) is 4.79 Å². The molecule has 6 heteroatoms. The highest BCUT2D eigenvalue weighted by Crippen LogP contribution is 2.19. The lowest BCUT2D eigenvalue weighted by molar-refractivity contribution is 0.0722. The Labute approximate surface area is 153 Å². The molecule has 0 saturated carbocycles. The van der Waals surface area contributed by atoms with Crippen LogP contribution in [-0.2, 0) is 13.6 Å². The van der Waals surface area contributed by atoms with Crippen LogP contribution in [-0.4, -0.2) is 37.1 Å². The number of carbonyl (C=O) groups excluding carboxylic acids is 1. The van der Waals surface area contributed by atoms with Crippen LogP contribution in [0.5, 0.6) is 0 Å². The summed E-state index contributed by atoms with van der Waals surface area (Å²) >= 11 is 0. The Morgan fingerprint density at radius 1 is 1.23 bits per heavy atom. The summed E-state index contributed by atoms with van der Waals surface area (Å²) in [6.45, 7) is 5.45. The lowest BCUT2D eigenvalue weighted by Crippen LogP contribution is -2.33. The van der Waals surface area contributed by atoms with E-state index in [-0.39, 0.29) is 5.91 Å². The molecule has 134 valence electrons. The van der Waals surface area contributed by atoms with Gasteiger partial charge in [-0.2, -0.15) is 5.10 Å². The summed E-state index contributed by atoms with van der Waals surface area (Å²) in [4.78, 5) is 23.4. The number of aryl methyl sites for hydroxylation is 1. The number of rotatable bonds is 6. The van der Waals surface area contributed by atoms with Crippen molar-refractivity contribution in [2.75, 3.05) is 6.54 Å². The Bertz CT molecular complexity index is 873. The third-order valence-electron chi connectivity index (χ3n) is 3.97. The van der Waals surface area contributed by atoms with Crippen molar-refractivity contribution < 1.29 is 4.79 Å². The highest BCUT2D eigenvalue weighted by atomic mass is 16.2. The number of benzene rings is 1. The molecule has 3 rings (SSSR count). The van der Waals surface area contributed by atoms with Gasteiger partial charge in [-0.15, -0.1) is 0 Å². The van der Waals surface area contributed by atoms with Crippen molar-refractivity contribution in [1.29, 1.82) is 0 Å². The molecule has 2 aromatic heterocycles. The van der Waals surface area contributed by atoms with Gasteiger partial charge in [-0.3, -0.25) is 19.4 Å². The number of nitrogens with zero attached hydrogens (tertiary/aromatic N) is 5. The van der Waals surface area contributed by atoms with Crippen molar-refractivity contribution in [2.45, 2.75) is 20.4 Å². The van der Waals surface area contributed by atoms with Crippen LogP contribution in [0.4, 0.5) is 0 Å². The molecule has 0 saturated heterocycles. The second-order valence-electron chi connectivity index (χ2n) is 6.77. The Morgan fingerprint density at radius 3 is 2.73 bits per heavy atom. The first-order chi connectivity index (χ1) is 12.5. The first-order valence-electron chi connectivity index (χ1n) is 8.66. The van der Waals surface area contributed by atoms with Crippen LogP contribution in [0.2, 0.25) is 0 Å². The molecule has 0 radical (unpaired) electrons. The molecular formula is C20H23N5O. The normalized spacial score (nSPS) is 10.9. The van der Waals surface area contributed by atoms with Crippen LogP contribution in [0.15, 0.2) is 55.2 Å². The molecule has 0 aliphatic carbocycles. The van der Waals surface area contributed by atoms with Crippen molar-refractivity contribution in [3.8, 4) is 11.3 Å². The van der Waals surface area contributed by atoms with Gasteiger partial charge in [0.2, 0.25) is 0 Å². The maximum Gasteiger partial charge on any atom is 0.254 e. The predicted octanol–water partition coefficient (Wildman–Crippen LogP) is 3.18. The lowest BCUT2D eigenvalue weighted by atomic mass is 10.1. The molecule has 1 amide bonds. The van der Waals surface area contributed by atoms with Crippen molar-refractivity contribution in [3.05, 3.63) is 66.4 Å². The minimum absolute atomic E-state index is 0.00768. The van der Waals surface area contributed by atoms with Gasteiger partial charge < -0.3 is 4.90 Å². The fraction of sp³-hybridized carbons (Fsp3) is 0.300. The average Bonchev–Trinajstić information content (AvgIpc) is 3.06. The molecule has 0 atom stereocenters. The van der Waals surface area contributed by atoms with Gasteiger partial charge >= 0.3 is 0 Å². The summed E-state index contributed by atoms with van der Waals surface area (Å²) in [5.74, 6) is 0.382. The average molecular weight is 349 g/mol. The Hall–Kier alpha value is -3.02. The third kappa shape index (κ3) is 4.33. The van der Waals surface area contributed by atoms with E-state index < -0.39 is 0 Å². The number of amides is 1. The minimum atomic E-state index is 0.00768. The summed E-state index contributed by atoms with van der Waals surface area (Å²) in [7, 11) is 1.88. The highest BCUT2D eigenvalue weighted by molar-refractivity contribution is 5.95. The molecular weight excluding hydrogens is 326 g/mol. The summed E-state index contributed by atoms with van der Waals surface area (Å²) in [5.41, 5.74) is 3.31. The summed E-state index contributed by atoms with van der Waals surface area (Å²) in [6, 6.07) is 7.55. The topological polar surface area (TPSA) is 63.9 Å². The van der Waals surface area contributed by atoms with Crippen LogP contribution >= 0.6 is 0 Å². The molecule has 0 aliphatic rings. The molecule has 6 nitrogen and oxygen atoms in total. The maximum absolute atomic E-state index is 13.1. The first-order valence-corrected chi connectivity index (χ1v) is 8.66. The minimum Gasteiger partial charge on any atom is -0.334 e. The van der Waals surface area contributed by atoms with Gasteiger partial charge in [0.25, 0.3) is 5.91 Å². The third-order valence-corrected chi connectivity index (χ3v) is 3.97. The Balaban J connectivity index is 1.86. The van der Waals surface area contributed by atoms with Gasteiger partial charge in [0.15, 0.2) is 0 Å². The van der Waals surface area contributed by atoms with E-state index >= 15 is 0 Å². The number of aromatic nitrogens is 4. The fourth-order valence-corrected chi connectivity index (χ4v) is 2.88. The molecule has 0 spiro atoms. The van der Waals surface area contributed by atoms with E-state index in [0.717, 1.165) is 16.8 Å². The first kappa shape index (κ1) is 17.8. The molecule has 0 unspecified atom stereocenters. The van der Waals surface area contributed by atoms with Crippen LogP contribution < -0.4 is 0 Å². The number of hydrogen-bond donors (Lipinski definition) is 0. The SMILES string of the molecule is CC(C)CN(Cc1cnn(C)c1)C(=O)c1cccc(-c2cnccn2)c1. The van der Waals surface area contributed by atoms with Gasteiger partial charge in [-0.25, -0.2) is 0 Å². The van der Waals surface area contributed by atoms with Gasteiger partial charge in [0.05, 0.1) is 18.1 Å². The molecule has 3 aromatic rings. The molecule has 0 N–H and O–H groups in total. The second-order valence-corrected chi connectivity index (χ2v) is 6.77. The highest BCUT2D eigenvalue weighted by Gasteiger charge is 2.18. The van der Waals surface area contributed by atoms with E-state index in [1.54, 1.807) is 29.5 Å². The smallest absolute Gasteiger partial charge is 0.254 e. The second kappa shape index (κ2) is 7.91. The lowest BCUT2D eigenvalue weighted by Gasteiger charge is -2.24. The van der Waals surface area contributed by atoms with Gasteiger partial charge in [0.1, 0.15) is 0 Å². The summed E-state index contributed by atoms with van der Waals surface area (Å²) in [6.07, 6.45) is 8.73. The largest absolute Gasteiger partial charge is 0.334 e. The quantitative estimate of drug-likeness (QED) is 0.686.